The lowest BCUT2D eigenvalue weighted by Crippen LogP contribution is -2.51. The molecule has 0 aliphatic carbocycles. The number of anilines is 2. The van der Waals surface area contributed by atoms with E-state index < -0.39 is 16.2 Å². The molecule has 2 heterocycles. The molecule has 1 aliphatic heterocycles. The van der Waals surface area contributed by atoms with E-state index in [4.69, 9.17) is 16.3 Å². The fourth-order valence-electron chi connectivity index (χ4n) is 3.56. The summed E-state index contributed by atoms with van der Waals surface area (Å²) in [6.07, 6.45) is 6.95. The van der Waals surface area contributed by atoms with Gasteiger partial charge in [0.15, 0.2) is 0 Å². The van der Waals surface area contributed by atoms with E-state index in [1.165, 1.54) is 15.2 Å². The van der Waals surface area contributed by atoms with Crippen molar-refractivity contribution in [2.45, 2.75) is 45.1 Å². The van der Waals surface area contributed by atoms with E-state index in [1.54, 1.807) is 25.4 Å². The zero-order valence-electron chi connectivity index (χ0n) is 17.7. The van der Waals surface area contributed by atoms with Gasteiger partial charge >= 0.3 is 16.2 Å². The number of nitrogens with one attached hydrogen (secondary N) is 2. The summed E-state index contributed by atoms with van der Waals surface area (Å²) in [7, 11) is -2.48. The minimum Gasteiger partial charge on any atom is -0.381 e. The molecule has 2 aromatic rings. The number of hydrogen-bond donors (Lipinski definition) is 2. The number of unbranched alkanes of at least 4 members (excludes halogenated alkanes) is 1. The lowest BCUT2D eigenvalue weighted by molar-refractivity contribution is 0.0875. The first-order chi connectivity index (χ1) is 14.8. The molecule has 0 unspecified atom stereocenters. The Hall–Kier alpha value is -2.30. The number of rotatable bonds is 8. The van der Waals surface area contributed by atoms with Crippen LogP contribution in [0.2, 0.25) is 5.02 Å². The summed E-state index contributed by atoms with van der Waals surface area (Å²) in [5, 5.41) is 7.13. The second kappa shape index (κ2) is 10.3. The van der Waals surface area contributed by atoms with Gasteiger partial charge < -0.3 is 10.1 Å². The van der Waals surface area contributed by atoms with Gasteiger partial charge in [0, 0.05) is 37.2 Å². The van der Waals surface area contributed by atoms with Gasteiger partial charge in [0.05, 0.1) is 17.9 Å². The topological polar surface area (TPSA) is 106 Å². The number of urea groups is 1. The molecule has 0 bridgehead atoms. The van der Waals surface area contributed by atoms with Crippen molar-refractivity contribution in [2.24, 2.45) is 7.05 Å². The van der Waals surface area contributed by atoms with Crippen LogP contribution in [-0.4, -0.2) is 43.5 Å². The Kier molecular flexibility index (Phi) is 7.79. The fraction of sp³-hybridized carbons (Fsp3) is 0.500. The molecular formula is C20H28ClN5O4S. The molecule has 170 valence electrons. The second-order valence-corrected chi connectivity index (χ2v) is 9.51. The van der Waals surface area contributed by atoms with Crippen LogP contribution in [0.1, 0.15) is 38.2 Å². The minimum atomic E-state index is -4.19. The van der Waals surface area contributed by atoms with E-state index in [1.807, 2.05) is 6.07 Å². The molecule has 11 heteroatoms. The highest BCUT2D eigenvalue weighted by molar-refractivity contribution is 7.91. The van der Waals surface area contributed by atoms with Crippen LogP contribution in [-0.2, 0) is 28.4 Å². The van der Waals surface area contributed by atoms with Gasteiger partial charge in [-0.1, -0.05) is 24.9 Å². The summed E-state index contributed by atoms with van der Waals surface area (Å²) in [4.78, 5) is 12.6. The Morgan fingerprint density at radius 1 is 1.32 bits per heavy atom. The van der Waals surface area contributed by atoms with Crippen LogP contribution in [0.3, 0.4) is 0 Å². The first kappa shape index (κ1) is 23.4. The molecule has 2 N–H and O–H groups in total. The number of hydrogen-bond acceptors (Lipinski definition) is 5. The standard InChI is InChI=1S/C20H28ClN5O4S/c1-3-4-5-15-10-16(21)12-17(11-15)23-20(27)24-31(28,29)26(18-6-8-30-9-7-18)19-13-22-25(2)14-19/h10-14,18H,3-9H2,1-2H3,(H2,23,24,27). The van der Waals surface area contributed by atoms with Gasteiger partial charge in [0.25, 0.3) is 0 Å². The van der Waals surface area contributed by atoms with Crippen molar-refractivity contribution in [2.75, 3.05) is 22.8 Å². The molecule has 2 amide bonds. The van der Waals surface area contributed by atoms with Crippen LogP contribution >= 0.6 is 11.6 Å². The molecule has 9 nitrogen and oxygen atoms in total. The first-order valence-corrected chi connectivity index (χ1v) is 12.1. The third-order valence-electron chi connectivity index (χ3n) is 4.98. The number of aryl methyl sites for hydroxylation is 2. The zero-order valence-corrected chi connectivity index (χ0v) is 19.2. The summed E-state index contributed by atoms with van der Waals surface area (Å²) >= 11 is 6.16. The van der Waals surface area contributed by atoms with Crippen LogP contribution in [0.25, 0.3) is 0 Å². The van der Waals surface area contributed by atoms with Gasteiger partial charge in [-0.05, 0) is 49.4 Å². The Morgan fingerprint density at radius 3 is 2.71 bits per heavy atom. The average molecular weight is 470 g/mol. The van der Waals surface area contributed by atoms with Gasteiger partial charge in [-0.3, -0.25) is 4.68 Å². The highest BCUT2D eigenvalue weighted by Gasteiger charge is 2.33. The number of ether oxygens (including phenoxy) is 1. The number of carbonyl (C=O) groups excluding carboxylic acids is 1. The maximum Gasteiger partial charge on any atom is 0.334 e. The maximum atomic E-state index is 13.2. The van der Waals surface area contributed by atoms with Crippen molar-refractivity contribution in [3.05, 3.63) is 41.2 Å². The van der Waals surface area contributed by atoms with E-state index in [9.17, 15) is 13.2 Å². The lowest BCUT2D eigenvalue weighted by atomic mass is 10.1. The number of nitrogens with zero attached hydrogens (tertiary/aromatic N) is 3. The molecule has 0 radical (unpaired) electrons. The van der Waals surface area contributed by atoms with Crippen molar-refractivity contribution in [3.63, 3.8) is 0 Å². The summed E-state index contributed by atoms with van der Waals surface area (Å²) in [6, 6.07) is 4.03. The Balaban J connectivity index is 1.77. The number of carbonyl (C=O) groups is 1. The smallest absolute Gasteiger partial charge is 0.334 e. The highest BCUT2D eigenvalue weighted by atomic mass is 35.5. The second-order valence-electron chi connectivity index (χ2n) is 7.52. The van der Waals surface area contributed by atoms with Crippen molar-refractivity contribution in [3.8, 4) is 0 Å². The largest absolute Gasteiger partial charge is 0.381 e. The van der Waals surface area contributed by atoms with Crippen LogP contribution in [0.4, 0.5) is 16.2 Å². The van der Waals surface area contributed by atoms with E-state index in [-0.39, 0.29) is 6.04 Å². The molecule has 1 aromatic heterocycles. The monoisotopic (exact) mass is 469 g/mol. The Labute approximate surface area is 187 Å². The van der Waals surface area contributed by atoms with Crippen LogP contribution in [0, 0.1) is 0 Å². The van der Waals surface area contributed by atoms with Gasteiger partial charge in [0.1, 0.15) is 0 Å². The lowest BCUT2D eigenvalue weighted by Gasteiger charge is -2.33. The summed E-state index contributed by atoms with van der Waals surface area (Å²) in [5.74, 6) is 0. The normalized spacial score (nSPS) is 14.9. The highest BCUT2D eigenvalue weighted by Crippen LogP contribution is 2.25. The van der Waals surface area contributed by atoms with Crippen molar-refractivity contribution < 1.29 is 17.9 Å². The zero-order chi connectivity index (χ0) is 22.4. The Morgan fingerprint density at radius 2 is 2.06 bits per heavy atom. The minimum absolute atomic E-state index is 0.338. The van der Waals surface area contributed by atoms with E-state index in [0.717, 1.165) is 24.8 Å². The fourth-order valence-corrected chi connectivity index (χ4v) is 5.17. The summed E-state index contributed by atoms with van der Waals surface area (Å²) < 4.78 is 36.5. The third-order valence-corrected chi connectivity index (χ3v) is 6.67. The van der Waals surface area contributed by atoms with Gasteiger partial charge in [-0.15, -0.1) is 0 Å². The predicted molar refractivity (Wildman–Crippen MR) is 121 cm³/mol. The SMILES string of the molecule is CCCCc1cc(Cl)cc(NC(=O)NS(=O)(=O)N(c2cnn(C)c2)C2CCOCC2)c1. The van der Waals surface area contributed by atoms with Crippen molar-refractivity contribution in [1.82, 2.24) is 14.5 Å². The molecule has 1 aliphatic rings. The van der Waals surface area contributed by atoms with Crippen LogP contribution in [0.15, 0.2) is 30.6 Å². The molecule has 1 saturated heterocycles. The van der Waals surface area contributed by atoms with E-state index >= 15 is 0 Å². The molecule has 3 rings (SSSR count). The molecule has 0 spiro atoms. The number of benzene rings is 1. The van der Waals surface area contributed by atoms with Gasteiger partial charge in [-0.2, -0.15) is 13.5 Å². The first-order valence-electron chi connectivity index (χ1n) is 10.3. The number of halogens is 1. The molecular weight excluding hydrogens is 442 g/mol. The summed E-state index contributed by atoms with van der Waals surface area (Å²) in [5.41, 5.74) is 1.80. The predicted octanol–water partition coefficient (Wildman–Crippen LogP) is 3.47. The molecule has 0 saturated carbocycles. The van der Waals surface area contributed by atoms with Gasteiger partial charge in [-0.25, -0.2) is 13.8 Å². The van der Waals surface area contributed by atoms with E-state index in [0.29, 0.717) is 42.5 Å². The molecule has 1 aromatic carbocycles. The van der Waals surface area contributed by atoms with Crippen molar-refractivity contribution >= 4 is 39.2 Å². The molecule has 0 atom stereocenters. The molecule has 1 fully saturated rings. The average Bonchev–Trinajstić information content (AvgIpc) is 3.11. The van der Waals surface area contributed by atoms with E-state index in [2.05, 4.69) is 22.1 Å². The maximum absolute atomic E-state index is 13.2. The van der Waals surface area contributed by atoms with Crippen LogP contribution in [0.5, 0.6) is 0 Å². The molecule has 31 heavy (non-hydrogen) atoms. The quantitative estimate of drug-likeness (QED) is 0.615. The summed E-state index contributed by atoms with van der Waals surface area (Å²) in [6.45, 7) is 2.99. The third kappa shape index (κ3) is 6.34. The van der Waals surface area contributed by atoms with Gasteiger partial charge in [0.2, 0.25) is 0 Å². The number of amides is 2. The van der Waals surface area contributed by atoms with Crippen LogP contribution < -0.4 is 14.3 Å². The van der Waals surface area contributed by atoms with Crippen molar-refractivity contribution in [1.29, 1.82) is 0 Å². The Bertz CT molecular complexity index is 1000. The number of aromatic nitrogens is 2.